The van der Waals surface area contributed by atoms with Gasteiger partial charge in [0.15, 0.2) is 0 Å². The van der Waals surface area contributed by atoms with Gasteiger partial charge >= 0.3 is 6.09 Å². The number of ether oxygens (including phenoxy) is 1. The highest BCUT2D eigenvalue weighted by atomic mass is 32.2. The summed E-state index contributed by atoms with van der Waals surface area (Å²) in [5, 5.41) is 10.4. The monoisotopic (exact) mass is 569 g/mol. The highest BCUT2D eigenvalue weighted by molar-refractivity contribution is 7.98. The van der Waals surface area contributed by atoms with Crippen molar-refractivity contribution in [2.45, 2.75) is 90.6 Å². The van der Waals surface area contributed by atoms with Gasteiger partial charge in [-0.15, -0.1) is 0 Å². The molecule has 0 aliphatic rings. The van der Waals surface area contributed by atoms with Crippen LogP contribution in [0.2, 0.25) is 0 Å². The number of imidazole rings is 1. The van der Waals surface area contributed by atoms with Gasteiger partial charge in [0.2, 0.25) is 23.6 Å². The molecule has 7 N–H and O–H groups in total. The second-order valence-corrected chi connectivity index (χ2v) is 11.6. The standard InChI is InChI=1S/C25H43N7O6S/c1-14(2)10-18(22(35)30-17(20(26)33)8-9-39-7)32-23(36)19(11-16-12-27-13-28-16)31-21(34)15(3)29-24(37)38-25(4,5)6/h12-15,17-19H,8-11H2,1-7H3,(H2,26,33)(H,27,28)(H,29,37)(H,30,35)(H,31,34)(H,32,36)/t15-,17+,18+,19+/m1/s1. The van der Waals surface area contributed by atoms with Gasteiger partial charge in [-0.2, -0.15) is 11.8 Å². The summed E-state index contributed by atoms with van der Waals surface area (Å²) in [4.78, 5) is 70.1. The Morgan fingerprint density at radius 2 is 1.56 bits per heavy atom. The van der Waals surface area contributed by atoms with Gasteiger partial charge in [-0.05, 0) is 58.5 Å². The van der Waals surface area contributed by atoms with Crippen LogP contribution in [-0.4, -0.2) is 81.5 Å². The van der Waals surface area contributed by atoms with Crippen molar-refractivity contribution >= 4 is 41.5 Å². The number of aromatic amines is 1. The van der Waals surface area contributed by atoms with Crippen molar-refractivity contribution in [1.82, 2.24) is 31.2 Å². The summed E-state index contributed by atoms with van der Waals surface area (Å²) in [6.45, 7) is 10.3. The zero-order chi connectivity index (χ0) is 29.8. The van der Waals surface area contributed by atoms with Gasteiger partial charge in [-0.3, -0.25) is 19.2 Å². The molecule has 1 aromatic heterocycles. The maximum absolute atomic E-state index is 13.4. The van der Waals surface area contributed by atoms with Crippen LogP contribution >= 0.6 is 11.8 Å². The average Bonchev–Trinajstić information content (AvgIpc) is 3.31. The van der Waals surface area contributed by atoms with Crippen molar-refractivity contribution < 1.29 is 28.7 Å². The molecule has 0 radical (unpaired) electrons. The molecule has 0 aromatic carbocycles. The zero-order valence-corrected chi connectivity index (χ0v) is 24.6. The van der Waals surface area contributed by atoms with E-state index in [0.29, 0.717) is 17.9 Å². The molecule has 5 amide bonds. The number of amides is 5. The average molecular weight is 570 g/mol. The van der Waals surface area contributed by atoms with Crippen LogP contribution in [-0.2, 0) is 30.3 Å². The minimum atomic E-state index is -1.10. The fourth-order valence-electron chi connectivity index (χ4n) is 3.44. The van der Waals surface area contributed by atoms with Crippen molar-refractivity contribution in [3.05, 3.63) is 18.2 Å². The van der Waals surface area contributed by atoms with E-state index in [0.717, 1.165) is 0 Å². The summed E-state index contributed by atoms with van der Waals surface area (Å²) in [6, 6.07) is -3.98. The summed E-state index contributed by atoms with van der Waals surface area (Å²) in [6.07, 6.45) is 4.73. The molecule has 1 rings (SSSR count). The normalized spacial score (nSPS) is 14.5. The van der Waals surface area contributed by atoms with E-state index < -0.39 is 59.5 Å². The molecular formula is C25H43N7O6S. The summed E-state index contributed by atoms with van der Waals surface area (Å²) in [5.74, 6) is -1.82. The quantitative estimate of drug-likeness (QED) is 0.176. The molecule has 0 spiro atoms. The number of rotatable bonds is 15. The molecule has 1 heterocycles. The van der Waals surface area contributed by atoms with E-state index in [-0.39, 0.29) is 18.8 Å². The van der Waals surface area contributed by atoms with E-state index in [4.69, 9.17) is 10.5 Å². The molecule has 0 aliphatic heterocycles. The van der Waals surface area contributed by atoms with Crippen molar-refractivity contribution in [1.29, 1.82) is 0 Å². The van der Waals surface area contributed by atoms with Crippen molar-refractivity contribution in [2.75, 3.05) is 12.0 Å². The lowest BCUT2D eigenvalue weighted by Gasteiger charge is -2.26. The van der Waals surface area contributed by atoms with Gasteiger partial charge in [-0.1, -0.05) is 13.8 Å². The fourth-order valence-corrected chi connectivity index (χ4v) is 3.91. The first-order valence-corrected chi connectivity index (χ1v) is 14.2. The van der Waals surface area contributed by atoms with Crippen molar-refractivity contribution in [3.8, 4) is 0 Å². The van der Waals surface area contributed by atoms with E-state index in [1.54, 1.807) is 20.8 Å². The van der Waals surface area contributed by atoms with Gasteiger partial charge in [-0.25, -0.2) is 9.78 Å². The number of alkyl carbamates (subject to hydrolysis) is 1. The van der Waals surface area contributed by atoms with Crippen LogP contribution in [0.4, 0.5) is 4.79 Å². The lowest BCUT2D eigenvalue weighted by molar-refractivity contribution is -0.133. The lowest BCUT2D eigenvalue weighted by Crippen LogP contribution is -2.58. The first kappa shape index (κ1) is 33.7. The van der Waals surface area contributed by atoms with Gasteiger partial charge in [0.25, 0.3) is 0 Å². The van der Waals surface area contributed by atoms with Crippen LogP contribution in [0.5, 0.6) is 0 Å². The van der Waals surface area contributed by atoms with Gasteiger partial charge in [0, 0.05) is 18.3 Å². The molecule has 1 aromatic rings. The molecule has 0 aliphatic carbocycles. The molecule has 0 saturated heterocycles. The topological polar surface area (TPSA) is 197 Å². The summed E-state index contributed by atoms with van der Waals surface area (Å²) in [7, 11) is 0. The van der Waals surface area contributed by atoms with Crippen LogP contribution in [0.1, 0.15) is 60.1 Å². The van der Waals surface area contributed by atoms with Crippen LogP contribution in [0, 0.1) is 5.92 Å². The summed E-state index contributed by atoms with van der Waals surface area (Å²) < 4.78 is 5.18. The van der Waals surface area contributed by atoms with E-state index in [1.165, 1.54) is 31.2 Å². The second-order valence-electron chi connectivity index (χ2n) is 10.6. The van der Waals surface area contributed by atoms with Crippen molar-refractivity contribution in [3.63, 3.8) is 0 Å². The van der Waals surface area contributed by atoms with E-state index in [9.17, 15) is 24.0 Å². The lowest BCUT2D eigenvalue weighted by atomic mass is 10.0. The Kier molecular flexibility index (Phi) is 13.8. The summed E-state index contributed by atoms with van der Waals surface area (Å²) in [5.41, 5.74) is 5.27. The molecule has 0 bridgehead atoms. The molecule has 39 heavy (non-hydrogen) atoms. The Hall–Kier alpha value is -3.29. The minimum Gasteiger partial charge on any atom is -0.444 e. The Balaban J connectivity index is 3.04. The minimum absolute atomic E-state index is 0.0259. The fraction of sp³-hybridized carbons (Fsp3) is 0.680. The van der Waals surface area contributed by atoms with E-state index in [2.05, 4.69) is 31.2 Å². The first-order chi connectivity index (χ1) is 18.1. The number of nitrogens with one attached hydrogen (secondary N) is 5. The highest BCUT2D eigenvalue weighted by Crippen LogP contribution is 2.09. The Morgan fingerprint density at radius 3 is 2.08 bits per heavy atom. The van der Waals surface area contributed by atoms with Gasteiger partial charge in [0.05, 0.1) is 6.33 Å². The smallest absolute Gasteiger partial charge is 0.408 e. The number of H-pyrrole nitrogens is 1. The first-order valence-electron chi connectivity index (χ1n) is 12.8. The number of primary amides is 1. The highest BCUT2D eigenvalue weighted by Gasteiger charge is 2.31. The predicted molar refractivity (Wildman–Crippen MR) is 149 cm³/mol. The molecule has 4 atom stereocenters. The summed E-state index contributed by atoms with van der Waals surface area (Å²) >= 11 is 1.51. The third kappa shape index (κ3) is 13.4. The number of carbonyl (C=O) groups excluding carboxylic acids is 5. The number of nitrogens with two attached hydrogens (primary N) is 1. The number of hydrogen-bond acceptors (Lipinski definition) is 8. The number of hydrogen-bond donors (Lipinski definition) is 6. The Bertz CT molecular complexity index is 965. The number of carbonyl (C=O) groups is 5. The largest absolute Gasteiger partial charge is 0.444 e. The van der Waals surface area contributed by atoms with Crippen LogP contribution in [0.15, 0.2) is 12.5 Å². The maximum Gasteiger partial charge on any atom is 0.408 e. The van der Waals surface area contributed by atoms with Crippen LogP contribution in [0.3, 0.4) is 0 Å². The van der Waals surface area contributed by atoms with E-state index in [1.807, 2.05) is 20.1 Å². The third-order valence-electron chi connectivity index (χ3n) is 5.35. The van der Waals surface area contributed by atoms with Crippen molar-refractivity contribution in [2.24, 2.45) is 11.7 Å². The molecule has 14 heteroatoms. The molecule has 220 valence electrons. The van der Waals surface area contributed by atoms with E-state index >= 15 is 0 Å². The Morgan fingerprint density at radius 1 is 0.974 bits per heavy atom. The number of thioether (sulfide) groups is 1. The SMILES string of the molecule is CSCC[C@H](NC(=O)[C@H](CC(C)C)NC(=O)[C@H](Cc1cnc[nH]1)NC(=O)[C@@H](C)NC(=O)OC(C)(C)C)C(N)=O. The molecular weight excluding hydrogens is 526 g/mol. The number of aromatic nitrogens is 2. The predicted octanol–water partition coefficient (Wildman–Crippen LogP) is 0.604. The number of nitrogens with zero attached hydrogens (tertiary/aromatic N) is 1. The molecule has 0 unspecified atom stereocenters. The second kappa shape index (κ2) is 16.0. The maximum atomic E-state index is 13.4. The third-order valence-corrected chi connectivity index (χ3v) is 5.99. The molecule has 0 fully saturated rings. The zero-order valence-electron chi connectivity index (χ0n) is 23.8. The van der Waals surface area contributed by atoms with Gasteiger partial charge < -0.3 is 36.7 Å². The van der Waals surface area contributed by atoms with Crippen LogP contribution in [0.25, 0.3) is 0 Å². The Labute approximate surface area is 233 Å². The molecule has 0 saturated carbocycles. The van der Waals surface area contributed by atoms with Gasteiger partial charge in [0.1, 0.15) is 29.8 Å². The van der Waals surface area contributed by atoms with Crippen LogP contribution < -0.4 is 27.0 Å². The molecule has 13 nitrogen and oxygen atoms in total.